The summed E-state index contributed by atoms with van der Waals surface area (Å²) in [5, 5.41) is 24.6. The summed E-state index contributed by atoms with van der Waals surface area (Å²) in [5.41, 5.74) is 2.31. The molecule has 0 radical (unpaired) electrons. The lowest BCUT2D eigenvalue weighted by Crippen LogP contribution is -2.25. The largest absolute Gasteiger partial charge is 0.469 e. The van der Waals surface area contributed by atoms with Gasteiger partial charge in [-0.1, -0.05) is 70.4 Å². The zero-order valence-electron chi connectivity index (χ0n) is 40.4. The maximum atomic E-state index is 14.4. The highest BCUT2D eigenvalue weighted by Crippen LogP contribution is 2.31. The van der Waals surface area contributed by atoms with Crippen LogP contribution >= 0.6 is 11.6 Å². The molecule has 1 fully saturated rings. The second kappa shape index (κ2) is 25.8. The predicted molar refractivity (Wildman–Crippen MR) is 262 cm³/mol. The molecule has 1 N–H and O–H groups in total. The third-order valence-corrected chi connectivity index (χ3v) is 11.1. The van der Waals surface area contributed by atoms with E-state index in [1.165, 1.54) is 91.0 Å². The van der Waals surface area contributed by atoms with E-state index in [4.69, 9.17) is 35.2 Å². The van der Waals surface area contributed by atoms with Crippen molar-refractivity contribution in [1.29, 1.82) is 0 Å². The molecular weight excluding hydrogens is 1060 g/mol. The maximum absolute atomic E-state index is 14.4. The summed E-state index contributed by atoms with van der Waals surface area (Å²) in [7, 11) is 0. The molecule has 1 aliphatic heterocycles. The number of aliphatic hydroxyl groups excluding tert-OH is 1. The molecule has 0 spiro atoms. The minimum absolute atomic E-state index is 0.0374. The quantitative estimate of drug-likeness (QED) is 0.0795. The molecular formula is C52H41ClF8N12O5. The number of rotatable bonds is 14. The molecule has 26 heteroatoms. The van der Waals surface area contributed by atoms with Crippen LogP contribution in [0, 0.1) is 23.3 Å². The average Bonchev–Trinajstić information content (AvgIpc) is 4.35. The van der Waals surface area contributed by atoms with Gasteiger partial charge >= 0.3 is 11.8 Å². The Hall–Kier alpha value is -8.81. The van der Waals surface area contributed by atoms with Gasteiger partial charge < -0.3 is 23.6 Å². The molecule has 0 amide bonds. The zero-order chi connectivity index (χ0) is 55.1. The van der Waals surface area contributed by atoms with E-state index in [0.717, 1.165) is 31.7 Å². The van der Waals surface area contributed by atoms with Crippen LogP contribution in [0.15, 0.2) is 156 Å². The first kappa shape index (κ1) is 55.4. The second-order valence-electron chi connectivity index (χ2n) is 16.4. The molecule has 17 nitrogen and oxygen atoms in total. The molecule has 10 aromatic rings. The van der Waals surface area contributed by atoms with Crippen molar-refractivity contribution in [1.82, 2.24) is 59.8 Å². The van der Waals surface area contributed by atoms with Crippen LogP contribution in [0.2, 0.25) is 5.15 Å². The number of nitrogens with zero attached hydrogens (tertiary/aromatic N) is 12. The highest BCUT2D eigenvalue weighted by Gasteiger charge is 2.35. The summed E-state index contributed by atoms with van der Waals surface area (Å²) < 4.78 is 133. The van der Waals surface area contributed by atoms with Gasteiger partial charge in [0.1, 0.15) is 64.9 Å². The molecule has 0 saturated carbocycles. The Morgan fingerprint density at radius 2 is 1.05 bits per heavy atom. The van der Waals surface area contributed by atoms with E-state index in [1.54, 1.807) is 59.3 Å². The Kier molecular flexibility index (Phi) is 18.3. The molecule has 2 aromatic carbocycles. The lowest BCUT2D eigenvalue weighted by Gasteiger charge is -2.16. The topological polar surface area (TPSA) is 204 Å². The van der Waals surface area contributed by atoms with Crippen molar-refractivity contribution in [2.24, 2.45) is 0 Å². The normalized spacial score (nSPS) is 12.2. The first-order valence-corrected chi connectivity index (χ1v) is 23.6. The minimum Gasteiger partial charge on any atom is -0.469 e. The molecule has 8 aromatic heterocycles. The lowest BCUT2D eigenvalue weighted by atomic mass is 10.2. The van der Waals surface area contributed by atoms with Gasteiger partial charge in [-0.05, 0) is 61.4 Å². The van der Waals surface area contributed by atoms with Crippen LogP contribution in [-0.2, 0) is 29.7 Å². The number of hydrogen-bond donors (Lipinski definition) is 1. The Labute approximate surface area is 442 Å². The molecule has 1 saturated heterocycles. The minimum atomic E-state index is -3.49. The van der Waals surface area contributed by atoms with Crippen LogP contribution in [0.5, 0.6) is 5.88 Å². The first-order valence-electron chi connectivity index (χ1n) is 23.2. The van der Waals surface area contributed by atoms with Gasteiger partial charge in [-0.3, -0.25) is 19.3 Å². The Bertz CT molecular complexity index is 3480. The number of hydrogen-bond acceptors (Lipinski definition) is 15. The van der Waals surface area contributed by atoms with Crippen LogP contribution in [-0.4, -0.2) is 91.3 Å². The van der Waals surface area contributed by atoms with E-state index in [0.29, 0.717) is 39.6 Å². The van der Waals surface area contributed by atoms with Crippen LogP contribution in [0.3, 0.4) is 0 Å². The van der Waals surface area contributed by atoms with Gasteiger partial charge in [0.25, 0.3) is 5.88 Å². The summed E-state index contributed by atoms with van der Waals surface area (Å²) in [5.74, 6) is -9.86. The predicted octanol–water partition coefficient (Wildman–Crippen LogP) is 10.8. The number of pyridine rings is 2. The zero-order valence-corrected chi connectivity index (χ0v) is 41.1. The van der Waals surface area contributed by atoms with Gasteiger partial charge in [0.05, 0.1) is 36.9 Å². The number of aliphatic hydroxyl groups is 1. The molecule has 11 rings (SSSR count). The van der Waals surface area contributed by atoms with Crippen molar-refractivity contribution >= 4 is 11.6 Å². The summed E-state index contributed by atoms with van der Waals surface area (Å²) in [6.07, 6.45) is 9.58. The van der Waals surface area contributed by atoms with E-state index >= 15 is 0 Å². The number of benzene rings is 2. The first-order chi connectivity index (χ1) is 37.7. The van der Waals surface area contributed by atoms with Gasteiger partial charge in [0, 0.05) is 48.9 Å². The number of ether oxygens (including phenoxy) is 2. The van der Waals surface area contributed by atoms with Crippen LogP contribution in [0.1, 0.15) is 35.4 Å². The number of alkyl halides is 4. The van der Waals surface area contributed by atoms with Gasteiger partial charge in [-0.15, -0.1) is 0 Å². The molecule has 402 valence electrons. The Balaban J connectivity index is 0.000000165. The number of halogens is 9. The third kappa shape index (κ3) is 14.4. The lowest BCUT2D eigenvalue weighted by molar-refractivity contribution is -0.0592. The molecule has 0 bridgehead atoms. The Morgan fingerprint density at radius 1 is 0.564 bits per heavy atom. The van der Waals surface area contributed by atoms with Crippen LogP contribution in [0.25, 0.3) is 45.8 Å². The number of aromatic nitrogens is 12. The summed E-state index contributed by atoms with van der Waals surface area (Å²) >= 11 is 5.72. The van der Waals surface area contributed by atoms with Crippen LogP contribution in [0.4, 0.5) is 35.1 Å². The van der Waals surface area contributed by atoms with Crippen molar-refractivity contribution < 1.29 is 58.7 Å². The fourth-order valence-corrected chi connectivity index (χ4v) is 7.13. The van der Waals surface area contributed by atoms with E-state index < -0.39 is 59.8 Å². The van der Waals surface area contributed by atoms with E-state index in [9.17, 15) is 35.1 Å². The van der Waals surface area contributed by atoms with Crippen LogP contribution < -0.4 is 4.74 Å². The second-order valence-corrected chi connectivity index (χ2v) is 16.7. The van der Waals surface area contributed by atoms with Gasteiger partial charge in [0.2, 0.25) is 5.82 Å². The van der Waals surface area contributed by atoms with E-state index in [1.807, 2.05) is 0 Å². The summed E-state index contributed by atoms with van der Waals surface area (Å²) in [6, 6.07) is 27.2. The molecule has 0 atom stereocenters. The van der Waals surface area contributed by atoms with E-state index in [-0.39, 0.29) is 41.4 Å². The maximum Gasteiger partial charge on any atom is 0.322 e. The molecule has 9 heterocycles. The highest BCUT2D eigenvalue weighted by molar-refractivity contribution is 6.29. The highest BCUT2D eigenvalue weighted by atomic mass is 35.5. The average molecular weight is 1100 g/mol. The van der Waals surface area contributed by atoms with Crippen molar-refractivity contribution in [3.63, 3.8) is 0 Å². The van der Waals surface area contributed by atoms with Gasteiger partial charge in [-0.2, -0.15) is 37.1 Å². The monoisotopic (exact) mass is 1100 g/mol. The molecule has 0 aliphatic carbocycles. The molecule has 1 aliphatic rings. The van der Waals surface area contributed by atoms with Crippen molar-refractivity contribution in [2.45, 2.75) is 37.8 Å². The van der Waals surface area contributed by atoms with Gasteiger partial charge in [-0.25, -0.2) is 28.1 Å². The van der Waals surface area contributed by atoms with Gasteiger partial charge in [0.15, 0.2) is 29.2 Å². The standard InChI is InChI=1S/C24H16F4N6O2.C17H10ClF2N5O.C7H7F2NO.C4H8O/c25-16-6-2-1-5-15(16)13-34-20(18-8-10-36-33-18)11-19(32-34)22-30-12-17(26)23(31-22)35-14-24(27,28)21-7-3-4-9-29-21;18-16-12(20)8-21-17(22-16)14-7-15(13-5-6-26-24-13)25(23-14)9-10-3-1-2-4-11(10)19;8-7(9,5-11)6-3-1-2-4-10-6;1-2-4-5-3-1/h1-12H,13-14H2;1-8H,9H2;1-4,11H,5H2;1-4H2. The summed E-state index contributed by atoms with van der Waals surface area (Å²) in [4.78, 5) is 22.7. The van der Waals surface area contributed by atoms with Crippen molar-refractivity contribution in [3.8, 4) is 51.7 Å². The fraction of sp³-hybridized carbons (Fsp3) is 0.192. The van der Waals surface area contributed by atoms with Crippen molar-refractivity contribution in [3.05, 3.63) is 197 Å². The Morgan fingerprint density at radius 3 is 1.49 bits per heavy atom. The van der Waals surface area contributed by atoms with Crippen molar-refractivity contribution in [2.75, 3.05) is 26.4 Å². The van der Waals surface area contributed by atoms with E-state index in [2.05, 4.69) is 50.4 Å². The molecule has 78 heavy (non-hydrogen) atoms. The fourth-order valence-electron chi connectivity index (χ4n) is 7.00. The third-order valence-electron chi connectivity index (χ3n) is 10.9. The molecule has 0 unspecified atom stereocenters. The SMILES string of the molecule is C1CCOC1.Fc1ccccc1Cn1nc(-c2ncc(F)c(Cl)n2)cc1-c1ccon1.Fc1ccccc1Cn1nc(-c2ncc(F)c(OCC(F)(F)c3ccccn3)n2)cc1-c1ccon1.OCC(F)(F)c1ccccn1. The smallest absolute Gasteiger partial charge is 0.322 e. The summed E-state index contributed by atoms with van der Waals surface area (Å²) in [6.45, 7) is -0.202.